The fourth-order valence-electron chi connectivity index (χ4n) is 1.28. The zero-order chi connectivity index (χ0) is 11.3. The summed E-state index contributed by atoms with van der Waals surface area (Å²) >= 11 is 0. The minimum atomic E-state index is -0.486. The predicted octanol–water partition coefficient (Wildman–Crippen LogP) is 2.54. The predicted molar refractivity (Wildman–Crippen MR) is 59.4 cm³/mol. The van der Waals surface area contributed by atoms with Crippen molar-refractivity contribution in [1.29, 1.82) is 0 Å². The van der Waals surface area contributed by atoms with E-state index in [4.69, 9.17) is 9.47 Å². The molecule has 84 valence electrons. The van der Waals surface area contributed by atoms with Gasteiger partial charge in [0.05, 0.1) is 19.8 Å². The van der Waals surface area contributed by atoms with Gasteiger partial charge in [0.2, 0.25) is 0 Å². The van der Waals surface area contributed by atoms with E-state index in [9.17, 15) is 5.11 Å². The van der Waals surface area contributed by atoms with Crippen molar-refractivity contribution in [2.75, 3.05) is 13.7 Å². The Morgan fingerprint density at radius 1 is 1.33 bits per heavy atom. The Morgan fingerprint density at radius 2 is 2.07 bits per heavy atom. The molecule has 0 saturated heterocycles. The standard InChI is InChI=1S/C12H18O3/c1-4-7-15-12-8-10(9(2)13)5-6-11(12)14-3/h5-6,8-9,13H,4,7H2,1-3H3/t9-/m1/s1. The molecule has 1 aromatic carbocycles. The van der Waals surface area contributed by atoms with E-state index in [1.165, 1.54) is 0 Å². The summed E-state index contributed by atoms with van der Waals surface area (Å²) in [6.07, 6.45) is 0.460. The summed E-state index contributed by atoms with van der Waals surface area (Å²) < 4.78 is 10.7. The smallest absolute Gasteiger partial charge is 0.161 e. The van der Waals surface area contributed by atoms with E-state index in [1.807, 2.05) is 25.1 Å². The number of hydrogen-bond acceptors (Lipinski definition) is 3. The maximum atomic E-state index is 9.44. The van der Waals surface area contributed by atoms with E-state index >= 15 is 0 Å². The topological polar surface area (TPSA) is 38.7 Å². The van der Waals surface area contributed by atoms with Crippen molar-refractivity contribution in [2.24, 2.45) is 0 Å². The molecule has 0 aromatic heterocycles. The zero-order valence-electron chi connectivity index (χ0n) is 9.49. The Morgan fingerprint density at radius 3 is 2.60 bits per heavy atom. The van der Waals surface area contributed by atoms with Crippen LogP contribution in [0.15, 0.2) is 18.2 Å². The summed E-state index contributed by atoms with van der Waals surface area (Å²) in [5.41, 5.74) is 0.835. The zero-order valence-corrected chi connectivity index (χ0v) is 9.49. The number of benzene rings is 1. The number of ether oxygens (including phenoxy) is 2. The van der Waals surface area contributed by atoms with Crippen LogP contribution in [0, 0.1) is 0 Å². The maximum absolute atomic E-state index is 9.44. The van der Waals surface area contributed by atoms with Gasteiger partial charge >= 0.3 is 0 Å². The highest BCUT2D eigenvalue weighted by Crippen LogP contribution is 2.30. The Labute approximate surface area is 90.6 Å². The quantitative estimate of drug-likeness (QED) is 0.811. The summed E-state index contributed by atoms with van der Waals surface area (Å²) in [6, 6.07) is 5.47. The van der Waals surface area contributed by atoms with Crippen LogP contribution in [0.1, 0.15) is 31.9 Å². The van der Waals surface area contributed by atoms with Crippen LogP contribution < -0.4 is 9.47 Å². The minimum absolute atomic E-state index is 0.486. The lowest BCUT2D eigenvalue weighted by Gasteiger charge is -2.12. The van der Waals surface area contributed by atoms with Gasteiger partial charge in [0.25, 0.3) is 0 Å². The van der Waals surface area contributed by atoms with Gasteiger partial charge in [0.1, 0.15) is 0 Å². The minimum Gasteiger partial charge on any atom is -0.493 e. The van der Waals surface area contributed by atoms with Gasteiger partial charge in [-0.2, -0.15) is 0 Å². The Bertz CT molecular complexity index is 308. The van der Waals surface area contributed by atoms with E-state index in [-0.39, 0.29) is 0 Å². The molecule has 1 atom stereocenters. The molecule has 0 fully saturated rings. The van der Waals surface area contributed by atoms with Crippen LogP contribution in [0.4, 0.5) is 0 Å². The fraction of sp³-hybridized carbons (Fsp3) is 0.500. The highest BCUT2D eigenvalue weighted by Gasteiger charge is 2.08. The normalized spacial score (nSPS) is 12.3. The van der Waals surface area contributed by atoms with E-state index in [2.05, 4.69) is 0 Å². The molecule has 0 aliphatic heterocycles. The highest BCUT2D eigenvalue weighted by molar-refractivity contribution is 5.43. The Balaban J connectivity index is 2.91. The van der Waals surface area contributed by atoms with Crippen LogP contribution in [0.2, 0.25) is 0 Å². The SMILES string of the molecule is CCCOc1cc([C@@H](C)O)ccc1OC. The first kappa shape index (κ1) is 11.9. The molecule has 0 bridgehead atoms. The summed E-state index contributed by atoms with van der Waals surface area (Å²) in [5.74, 6) is 1.39. The monoisotopic (exact) mass is 210 g/mol. The molecule has 0 spiro atoms. The molecule has 0 saturated carbocycles. The average Bonchev–Trinajstić information content (AvgIpc) is 2.25. The first-order valence-electron chi connectivity index (χ1n) is 5.17. The van der Waals surface area contributed by atoms with Gasteiger partial charge in [-0.15, -0.1) is 0 Å². The maximum Gasteiger partial charge on any atom is 0.161 e. The molecule has 3 heteroatoms. The molecule has 0 amide bonds. The van der Waals surface area contributed by atoms with E-state index in [1.54, 1.807) is 14.0 Å². The van der Waals surface area contributed by atoms with Crippen molar-refractivity contribution in [3.8, 4) is 11.5 Å². The molecule has 0 aliphatic rings. The summed E-state index contributed by atoms with van der Waals surface area (Å²) in [4.78, 5) is 0. The molecule has 0 unspecified atom stereocenters. The van der Waals surface area contributed by atoms with Crippen molar-refractivity contribution in [2.45, 2.75) is 26.4 Å². The lowest BCUT2D eigenvalue weighted by atomic mass is 10.1. The highest BCUT2D eigenvalue weighted by atomic mass is 16.5. The molecular weight excluding hydrogens is 192 g/mol. The molecule has 15 heavy (non-hydrogen) atoms. The van der Waals surface area contributed by atoms with Gasteiger partial charge in [-0.25, -0.2) is 0 Å². The Kier molecular flexibility index (Phi) is 4.43. The summed E-state index contributed by atoms with van der Waals surface area (Å²) in [5, 5.41) is 9.44. The average molecular weight is 210 g/mol. The van der Waals surface area contributed by atoms with Crippen molar-refractivity contribution < 1.29 is 14.6 Å². The third-order valence-electron chi connectivity index (χ3n) is 2.13. The van der Waals surface area contributed by atoms with Gasteiger partial charge in [-0.3, -0.25) is 0 Å². The molecule has 1 aromatic rings. The lowest BCUT2D eigenvalue weighted by Crippen LogP contribution is -2.00. The second-order valence-corrected chi connectivity index (χ2v) is 3.43. The first-order valence-corrected chi connectivity index (χ1v) is 5.17. The van der Waals surface area contributed by atoms with Crippen molar-refractivity contribution in [1.82, 2.24) is 0 Å². The van der Waals surface area contributed by atoms with Gasteiger partial charge < -0.3 is 14.6 Å². The third kappa shape index (κ3) is 3.13. The Hall–Kier alpha value is -1.22. The number of rotatable bonds is 5. The summed E-state index contributed by atoms with van der Waals surface area (Å²) in [7, 11) is 1.61. The largest absolute Gasteiger partial charge is 0.493 e. The summed E-state index contributed by atoms with van der Waals surface area (Å²) in [6.45, 7) is 4.43. The first-order chi connectivity index (χ1) is 7.19. The van der Waals surface area contributed by atoms with Crippen molar-refractivity contribution in [3.63, 3.8) is 0 Å². The van der Waals surface area contributed by atoms with Gasteiger partial charge in [0, 0.05) is 0 Å². The number of methoxy groups -OCH3 is 1. The molecule has 1 N–H and O–H groups in total. The molecular formula is C12H18O3. The van der Waals surface area contributed by atoms with E-state index in [0.29, 0.717) is 18.1 Å². The van der Waals surface area contributed by atoms with Gasteiger partial charge in [-0.1, -0.05) is 13.0 Å². The second kappa shape index (κ2) is 5.61. The van der Waals surface area contributed by atoms with Crippen LogP contribution >= 0.6 is 0 Å². The van der Waals surface area contributed by atoms with Crippen LogP contribution in [0.3, 0.4) is 0 Å². The fourth-order valence-corrected chi connectivity index (χ4v) is 1.28. The molecule has 0 aliphatic carbocycles. The van der Waals surface area contributed by atoms with Crippen LogP contribution in [0.5, 0.6) is 11.5 Å². The second-order valence-electron chi connectivity index (χ2n) is 3.43. The molecule has 3 nitrogen and oxygen atoms in total. The van der Waals surface area contributed by atoms with E-state index in [0.717, 1.165) is 12.0 Å². The molecule has 0 heterocycles. The van der Waals surface area contributed by atoms with Crippen molar-refractivity contribution in [3.05, 3.63) is 23.8 Å². The van der Waals surface area contributed by atoms with Crippen LogP contribution in [-0.4, -0.2) is 18.8 Å². The number of aliphatic hydroxyl groups is 1. The van der Waals surface area contributed by atoms with Crippen LogP contribution in [0.25, 0.3) is 0 Å². The third-order valence-corrected chi connectivity index (χ3v) is 2.13. The molecule has 1 rings (SSSR count). The lowest BCUT2D eigenvalue weighted by molar-refractivity contribution is 0.198. The molecule has 0 radical (unpaired) electrons. The van der Waals surface area contributed by atoms with Gasteiger partial charge in [0.15, 0.2) is 11.5 Å². The number of hydrogen-bond donors (Lipinski definition) is 1. The van der Waals surface area contributed by atoms with Gasteiger partial charge in [-0.05, 0) is 31.0 Å². The van der Waals surface area contributed by atoms with Crippen LogP contribution in [-0.2, 0) is 0 Å². The van der Waals surface area contributed by atoms with Crippen molar-refractivity contribution >= 4 is 0 Å². The number of aliphatic hydroxyl groups excluding tert-OH is 1. The van der Waals surface area contributed by atoms with E-state index < -0.39 is 6.10 Å².